The zero-order valence-corrected chi connectivity index (χ0v) is 17.7. The number of carbonyl (C=O) groups is 1. The summed E-state index contributed by atoms with van der Waals surface area (Å²) in [6.07, 6.45) is -0.928. The molecule has 8 nitrogen and oxygen atoms in total. The highest BCUT2D eigenvalue weighted by molar-refractivity contribution is 7.98. The summed E-state index contributed by atoms with van der Waals surface area (Å²) < 4.78 is 44.6. The second-order valence-electron chi connectivity index (χ2n) is 6.41. The van der Waals surface area contributed by atoms with Crippen molar-refractivity contribution < 1.29 is 22.7 Å². The van der Waals surface area contributed by atoms with Crippen molar-refractivity contribution in [1.82, 2.24) is 25.1 Å². The van der Waals surface area contributed by atoms with E-state index >= 15 is 0 Å². The van der Waals surface area contributed by atoms with Crippen LogP contribution in [0.15, 0.2) is 35.6 Å². The molecule has 0 saturated heterocycles. The Labute approximate surface area is 180 Å². The Bertz CT molecular complexity index is 1040. The fourth-order valence-corrected chi connectivity index (χ4v) is 3.14. The van der Waals surface area contributed by atoms with E-state index in [1.54, 1.807) is 18.0 Å². The fraction of sp³-hybridized carbons (Fsp3) is 0.368. The van der Waals surface area contributed by atoms with Crippen molar-refractivity contribution in [3.63, 3.8) is 0 Å². The molecule has 1 aromatic carbocycles. The summed E-state index contributed by atoms with van der Waals surface area (Å²) in [5.41, 5.74) is -0.0377. The third-order valence-corrected chi connectivity index (χ3v) is 4.89. The number of methoxy groups -OCH3 is 1. The van der Waals surface area contributed by atoms with E-state index in [0.29, 0.717) is 36.3 Å². The van der Waals surface area contributed by atoms with Crippen molar-refractivity contribution >= 4 is 34.5 Å². The van der Waals surface area contributed by atoms with Crippen molar-refractivity contribution in [3.05, 3.63) is 41.6 Å². The van der Waals surface area contributed by atoms with Gasteiger partial charge in [0, 0.05) is 25.8 Å². The van der Waals surface area contributed by atoms with Gasteiger partial charge in [0.15, 0.2) is 10.8 Å². The van der Waals surface area contributed by atoms with Gasteiger partial charge in [-0.1, -0.05) is 11.8 Å². The molecule has 0 aliphatic heterocycles. The van der Waals surface area contributed by atoms with Gasteiger partial charge in [0.1, 0.15) is 5.82 Å². The SMILES string of the molecule is COCCNc1nc(SC)nc2c1cnn2CCNC(=O)c1ccc(C(F)(F)F)cc1. The molecule has 3 aromatic rings. The number of aromatic nitrogens is 4. The third kappa shape index (κ3) is 5.64. The Kier molecular flexibility index (Phi) is 7.33. The first-order valence-electron chi connectivity index (χ1n) is 9.29. The molecule has 0 unspecified atom stereocenters. The molecule has 0 spiro atoms. The number of alkyl halides is 3. The van der Waals surface area contributed by atoms with E-state index in [-0.39, 0.29) is 12.1 Å². The van der Waals surface area contributed by atoms with Crippen LogP contribution in [0.1, 0.15) is 15.9 Å². The highest BCUT2D eigenvalue weighted by Crippen LogP contribution is 2.29. The number of ether oxygens (including phenoxy) is 1. The Morgan fingerprint density at radius 3 is 2.58 bits per heavy atom. The number of hydrogen-bond acceptors (Lipinski definition) is 7. The molecular formula is C19H21F3N6O2S. The lowest BCUT2D eigenvalue weighted by Crippen LogP contribution is -2.27. The number of rotatable bonds is 9. The quantitative estimate of drug-likeness (QED) is 0.292. The van der Waals surface area contributed by atoms with E-state index in [1.807, 2.05) is 6.26 Å². The van der Waals surface area contributed by atoms with Gasteiger partial charge in [-0.25, -0.2) is 14.6 Å². The lowest BCUT2D eigenvalue weighted by atomic mass is 10.1. The molecule has 166 valence electrons. The molecular weight excluding hydrogens is 433 g/mol. The fourth-order valence-electron chi connectivity index (χ4n) is 2.78. The first-order valence-corrected chi connectivity index (χ1v) is 10.5. The van der Waals surface area contributed by atoms with Crippen molar-refractivity contribution in [2.24, 2.45) is 0 Å². The smallest absolute Gasteiger partial charge is 0.383 e. The van der Waals surface area contributed by atoms with Crippen molar-refractivity contribution in [3.8, 4) is 0 Å². The van der Waals surface area contributed by atoms with Gasteiger partial charge < -0.3 is 15.4 Å². The normalized spacial score (nSPS) is 11.6. The van der Waals surface area contributed by atoms with Crippen molar-refractivity contribution in [2.75, 3.05) is 38.4 Å². The van der Waals surface area contributed by atoms with Crippen molar-refractivity contribution in [1.29, 1.82) is 0 Å². The molecule has 0 bridgehead atoms. The van der Waals surface area contributed by atoms with Crippen molar-refractivity contribution in [2.45, 2.75) is 17.9 Å². The number of nitrogens with zero attached hydrogens (tertiary/aromatic N) is 4. The van der Waals surface area contributed by atoms with E-state index in [1.165, 1.54) is 11.8 Å². The van der Waals surface area contributed by atoms with Gasteiger partial charge in [0.25, 0.3) is 5.91 Å². The zero-order valence-electron chi connectivity index (χ0n) is 16.9. The molecule has 0 saturated carbocycles. The molecule has 0 aliphatic carbocycles. The van der Waals surface area contributed by atoms with Crippen LogP contribution in [-0.2, 0) is 17.5 Å². The van der Waals surface area contributed by atoms with Crippen LogP contribution in [0.25, 0.3) is 11.0 Å². The van der Waals surface area contributed by atoms with Gasteiger partial charge >= 0.3 is 6.18 Å². The van der Waals surface area contributed by atoms with Gasteiger partial charge in [-0.05, 0) is 30.5 Å². The number of hydrogen-bond donors (Lipinski definition) is 2. The molecule has 31 heavy (non-hydrogen) atoms. The summed E-state index contributed by atoms with van der Waals surface area (Å²) >= 11 is 1.39. The standard InChI is InChI=1S/C19H21F3N6O2S/c1-30-10-8-23-15-14-11-25-28(16(14)27-18(26-15)31-2)9-7-24-17(29)12-3-5-13(6-4-12)19(20,21)22/h3-6,11H,7-10H2,1-2H3,(H,24,29)(H,23,26,27). The van der Waals surface area contributed by atoms with Crippen LogP contribution in [0.4, 0.5) is 19.0 Å². The number of thioether (sulfide) groups is 1. The Balaban J connectivity index is 1.66. The van der Waals surface area contributed by atoms with Crippen LogP contribution in [0.5, 0.6) is 0 Å². The molecule has 12 heteroatoms. The number of fused-ring (bicyclic) bond motifs is 1. The second kappa shape index (κ2) is 9.96. The maximum Gasteiger partial charge on any atom is 0.416 e. The number of nitrogens with one attached hydrogen (secondary N) is 2. The number of benzene rings is 1. The van der Waals surface area contributed by atoms with E-state index in [0.717, 1.165) is 29.7 Å². The van der Waals surface area contributed by atoms with E-state index in [9.17, 15) is 18.0 Å². The average Bonchev–Trinajstić information content (AvgIpc) is 3.16. The summed E-state index contributed by atoms with van der Waals surface area (Å²) in [7, 11) is 1.61. The number of carbonyl (C=O) groups excluding carboxylic acids is 1. The Morgan fingerprint density at radius 2 is 1.94 bits per heavy atom. The van der Waals surface area contributed by atoms with Gasteiger partial charge in [-0.2, -0.15) is 18.3 Å². The predicted octanol–water partition coefficient (Wildman–Crippen LogP) is 3.06. The summed E-state index contributed by atoms with van der Waals surface area (Å²) in [5, 5.41) is 11.5. The summed E-state index contributed by atoms with van der Waals surface area (Å²) in [4.78, 5) is 21.2. The lowest BCUT2D eigenvalue weighted by molar-refractivity contribution is -0.137. The number of anilines is 1. The molecule has 0 radical (unpaired) electrons. The number of amides is 1. The van der Waals surface area contributed by atoms with Crippen LogP contribution < -0.4 is 10.6 Å². The Hall–Kier alpha value is -2.86. The molecule has 0 fully saturated rings. The van der Waals surface area contributed by atoms with Crippen LogP contribution in [0.3, 0.4) is 0 Å². The highest BCUT2D eigenvalue weighted by Gasteiger charge is 2.30. The predicted molar refractivity (Wildman–Crippen MR) is 111 cm³/mol. The van der Waals surface area contributed by atoms with Gasteiger partial charge in [-0.3, -0.25) is 4.79 Å². The summed E-state index contributed by atoms with van der Waals surface area (Å²) in [5.74, 6) is 0.179. The van der Waals surface area contributed by atoms with Gasteiger partial charge in [0.05, 0.1) is 30.3 Å². The average molecular weight is 454 g/mol. The second-order valence-corrected chi connectivity index (χ2v) is 7.19. The largest absolute Gasteiger partial charge is 0.416 e. The monoisotopic (exact) mass is 454 g/mol. The minimum Gasteiger partial charge on any atom is -0.383 e. The van der Waals surface area contributed by atoms with Crippen LogP contribution in [0, 0.1) is 0 Å². The molecule has 2 heterocycles. The molecule has 2 N–H and O–H groups in total. The molecule has 1 amide bonds. The third-order valence-electron chi connectivity index (χ3n) is 4.34. The molecule has 0 atom stereocenters. The van der Waals surface area contributed by atoms with Gasteiger partial charge in [-0.15, -0.1) is 0 Å². The maximum atomic E-state index is 12.6. The van der Waals surface area contributed by atoms with E-state index in [2.05, 4.69) is 25.7 Å². The molecule has 3 rings (SSSR count). The van der Waals surface area contributed by atoms with Crippen LogP contribution in [-0.4, -0.2) is 58.7 Å². The molecule has 0 aliphatic rings. The minimum absolute atomic E-state index is 0.148. The van der Waals surface area contributed by atoms with Crippen LogP contribution in [0.2, 0.25) is 0 Å². The topological polar surface area (TPSA) is 94.0 Å². The first-order chi connectivity index (χ1) is 14.8. The minimum atomic E-state index is -4.44. The van der Waals surface area contributed by atoms with Gasteiger partial charge in [0.2, 0.25) is 0 Å². The summed E-state index contributed by atoms with van der Waals surface area (Å²) in [6.45, 7) is 1.65. The Morgan fingerprint density at radius 1 is 1.19 bits per heavy atom. The van der Waals surface area contributed by atoms with E-state index < -0.39 is 17.6 Å². The highest BCUT2D eigenvalue weighted by atomic mass is 32.2. The maximum absolute atomic E-state index is 12.6. The summed E-state index contributed by atoms with van der Waals surface area (Å²) in [6, 6.07) is 4.07. The number of halogens is 3. The van der Waals surface area contributed by atoms with E-state index in [4.69, 9.17) is 4.74 Å². The zero-order chi connectivity index (χ0) is 22.4. The first kappa shape index (κ1) is 22.8. The van der Waals surface area contributed by atoms with Crippen LogP contribution >= 0.6 is 11.8 Å². The molecule has 2 aromatic heterocycles. The lowest BCUT2D eigenvalue weighted by Gasteiger charge is -2.10.